The van der Waals surface area contributed by atoms with Crippen molar-refractivity contribution in [3.63, 3.8) is 0 Å². The normalized spacial score (nSPS) is 13.3. The van der Waals surface area contributed by atoms with Gasteiger partial charge >= 0.3 is 7.60 Å². The van der Waals surface area contributed by atoms with Gasteiger partial charge in [0.1, 0.15) is 0 Å². The highest BCUT2D eigenvalue weighted by Crippen LogP contribution is 2.39. The van der Waals surface area contributed by atoms with Gasteiger partial charge in [-0.2, -0.15) is 0 Å². The summed E-state index contributed by atoms with van der Waals surface area (Å²) in [6, 6.07) is 0. The molecule has 0 aromatic rings. The van der Waals surface area contributed by atoms with Crippen LogP contribution in [0.4, 0.5) is 0 Å². The molecule has 0 saturated carbocycles. The lowest BCUT2D eigenvalue weighted by Gasteiger charge is -2.24. The van der Waals surface area contributed by atoms with Crippen LogP contribution in [0.2, 0.25) is 0 Å². The number of hydrogen-bond acceptors (Lipinski definition) is 3. The van der Waals surface area contributed by atoms with Gasteiger partial charge in [-0.3, -0.25) is 4.57 Å². The summed E-state index contributed by atoms with van der Waals surface area (Å²) >= 11 is 1.10. The van der Waals surface area contributed by atoms with Gasteiger partial charge in [0, 0.05) is 5.75 Å². The van der Waals surface area contributed by atoms with Crippen LogP contribution in [-0.4, -0.2) is 31.7 Å². The van der Waals surface area contributed by atoms with E-state index < -0.39 is 13.2 Å². The van der Waals surface area contributed by atoms with Crippen molar-refractivity contribution in [3.8, 4) is 0 Å². The lowest BCUT2D eigenvalue weighted by atomic mass is 10.0. The summed E-state index contributed by atoms with van der Waals surface area (Å²) < 4.78 is 10.5. The molecule has 0 aliphatic rings. The highest BCUT2D eigenvalue weighted by Gasteiger charge is 2.23. The van der Waals surface area contributed by atoms with Crippen molar-refractivity contribution >= 4 is 19.4 Å². The van der Waals surface area contributed by atoms with E-state index in [2.05, 4.69) is 0 Å². The first-order valence-electron chi connectivity index (χ1n) is 4.17. The van der Waals surface area contributed by atoms with Crippen LogP contribution in [0.25, 0.3) is 0 Å². The molecular formula is C7H17O4PS. The molecule has 0 saturated heterocycles. The molecule has 0 amide bonds. The molecule has 0 spiro atoms. The minimum Gasteiger partial charge on any atom is -0.389 e. The molecule has 6 heteroatoms. The van der Waals surface area contributed by atoms with Gasteiger partial charge in [-0.1, -0.05) is 13.8 Å². The smallest absolute Gasteiger partial charge is 0.335 e. The summed E-state index contributed by atoms with van der Waals surface area (Å²) in [6.45, 7) is 3.73. The fraction of sp³-hybridized carbons (Fsp3) is 1.00. The first-order chi connectivity index (χ1) is 5.83. The van der Waals surface area contributed by atoms with Crippen LogP contribution >= 0.6 is 19.4 Å². The van der Waals surface area contributed by atoms with Crippen molar-refractivity contribution in [2.45, 2.75) is 32.3 Å². The largest absolute Gasteiger partial charge is 0.389 e. The zero-order valence-electron chi connectivity index (χ0n) is 7.93. The van der Waals surface area contributed by atoms with Crippen LogP contribution < -0.4 is 0 Å². The Labute approximate surface area is 82.9 Å². The first-order valence-corrected chi connectivity index (χ1v) is 7.13. The Balaban J connectivity index is 3.81. The SMILES string of the molecule is CCC(O)(CC)CSCP(=O)(O)O. The third kappa shape index (κ3) is 6.52. The summed E-state index contributed by atoms with van der Waals surface area (Å²) in [5.74, 6) is 0.380. The minimum atomic E-state index is -3.92. The molecular weight excluding hydrogens is 211 g/mol. The van der Waals surface area contributed by atoms with Gasteiger partial charge < -0.3 is 14.9 Å². The van der Waals surface area contributed by atoms with Crippen LogP contribution in [0, 0.1) is 0 Å². The van der Waals surface area contributed by atoms with Crippen LogP contribution in [0.3, 0.4) is 0 Å². The van der Waals surface area contributed by atoms with Gasteiger partial charge in [-0.15, -0.1) is 11.8 Å². The second-order valence-electron chi connectivity index (χ2n) is 3.07. The second kappa shape index (κ2) is 5.37. The van der Waals surface area contributed by atoms with E-state index in [9.17, 15) is 9.67 Å². The number of hydrogen-bond donors (Lipinski definition) is 3. The van der Waals surface area contributed by atoms with Crippen molar-refractivity contribution in [2.75, 3.05) is 11.2 Å². The topological polar surface area (TPSA) is 77.8 Å². The lowest BCUT2D eigenvalue weighted by Crippen LogP contribution is -2.29. The summed E-state index contributed by atoms with van der Waals surface area (Å²) in [6.07, 6.45) is 1.22. The maximum absolute atomic E-state index is 10.5. The second-order valence-corrected chi connectivity index (χ2v) is 6.13. The van der Waals surface area contributed by atoms with Gasteiger partial charge in [0.2, 0.25) is 0 Å². The van der Waals surface area contributed by atoms with Crippen LogP contribution in [0.1, 0.15) is 26.7 Å². The fourth-order valence-electron chi connectivity index (χ4n) is 0.809. The van der Waals surface area contributed by atoms with Crippen molar-refractivity contribution in [3.05, 3.63) is 0 Å². The monoisotopic (exact) mass is 228 g/mol. The van der Waals surface area contributed by atoms with Gasteiger partial charge in [0.15, 0.2) is 0 Å². The van der Waals surface area contributed by atoms with Gasteiger partial charge in [0.25, 0.3) is 0 Å². The Hall–Kier alpha value is 0.460. The van der Waals surface area contributed by atoms with Crippen molar-refractivity contribution in [1.29, 1.82) is 0 Å². The molecule has 13 heavy (non-hydrogen) atoms. The van der Waals surface area contributed by atoms with Crippen molar-refractivity contribution in [1.82, 2.24) is 0 Å². The van der Waals surface area contributed by atoms with E-state index in [4.69, 9.17) is 9.79 Å². The van der Waals surface area contributed by atoms with E-state index in [0.717, 1.165) is 11.8 Å². The van der Waals surface area contributed by atoms with E-state index in [1.165, 1.54) is 0 Å². The Kier molecular flexibility index (Phi) is 5.56. The van der Waals surface area contributed by atoms with Gasteiger partial charge in [-0.25, -0.2) is 0 Å². The number of rotatable bonds is 6. The Morgan fingerprint density at radius 1 is 1.31 bits per heavy atom. The van der Waals surface area contributed by atoms with Crippen LogP contribution in [0.5, 0.6) is 0 Å². The average molecular weight is 228 g/mol. The quantitative estimate of drug-likeness (QED) is 0.599. The Morgan fingerprint density at radius 2 is 1.77 bits per heavy atom. The van der Waals surface area contributed by atoms with E-state index in [0.29, 0.717) is 18.6 Å². The molecule has 0 aliphatic carbocycles. The molecule has 0 heterocycles. The summed E-state index contributed by atoms with van der Waals surface area (Å²) in [5.41, 5.74) is -0.991. The number of aliphatic hydroxyl groups is 1. The van der Waals surface area contributed by atoms with Crippen LogP contribution in [-0.2, 0) is 4.57 Å². The molecule has 0 aromatic heterocycles. The standard InChI is InChI=1S/C7H17O4PS/c1-3-7(8,4-2)5-13-6-12(9,10)11/h8H,3-6H2,1-2H3,(H2,9,10,11). The van der Waals surface area contributed by atoms with E-state index in [-0.39, 0.29) is 5.49 Å². The molecule has 0 aliphatic heterocycles. The molecule has 3 N–H and O–H groups in total. The Morgan fingerprint density at radius 3 is 2.08 bits per heavy atom. The van der Waals surface area contributed by atoms with E-state index in [1.807, 2.05) is 13.8 Å². The fourth-order valence-corrected chi connectivity index (χ4v) is 2.91. The molecule has 0 unspecified atom stereocenters. The van der Waals surface area contributed by atoms with Crippen LogP contribution in [0.15, 0.2) is 0 Å². The zero-order chi connectivity index (χ0) is 10.5. The van der Waals surface area contributed by atoms with E-state index in [1.54, 1.807) is 0 Å². The highest BCUT2D eigenvalue weighted by atomic mass is 32.2. The Bertz CT molecular complexity index is 187. The molecule has 0 bridgehead atoms. The molecule has 0 rings (SSSR count). The first kappa shape index (κ1) is 13.5. The predicted octanol–water partition coefficient (Wildman–Crippen LogP) is 1.41. The highest BCUT2D eigenvalue weighted by molar-refractivity contribution is 8.04. The molecule has 0 atom stereocenters. The zero-order valence-corrected chi connectivity index (χ0v) is 9.64. The van der Waals surface area contributed by atoms with E-state index >= 15 is 0 Å². The summed E-state index contributed by atoms with van der Waals surface area (Å²) in [7, 11) is -3.92. The molecule has 0 fully saturated rings. The predicted molar refractivity (Wildman–Crippen MR) is 54.9 cm³/mol. The van der Waals surface area contributed by atoms with Gasteiger partial charge in [-0.05, 0) is 12.8 Å². The molecule has 0 aromatic carbocycles. The molecule has 80 valence electrons. The number of thioether (sulfide) groups is 1. The van der Waals surface area contributed by atoms with Crippen molar-refractivity contribution < 1.29 is 19.5 Å². The molecule has 0 radical (unpaired) electrons. The third-order valence-corrected chi connectivity index (χ3v) is 4.76. The lowest BCUT2D eigenvalue weighted by molar-refractivity contribution is 0.0572. The summed E-state index contributed by atoms with van der Waals surface area (Å²) in [5, 5.41) is 9.75. The molecule has 4 nitrogen and oxygen atoms in total. The minimum absolute atomic E-state index is 0.213. The van der Waals surface area contributed by atoms with Crippen molar-refractivity contribution in [2.24, 2.45) is 0 Å². The third-order valence-electron chi connectivity index (χ3n) is 1.95. The maximum atomic E-state index is 10.5. The maximum Gasteiger partial charge on any atom is 0.335 e. The van der Waals surface area contributed by atoms with Gasteiger partial charge in [0.05, 0.1) is 11.1 Å². The summed E-state index contributed by atoms with van der Waals surface area (Å²) in [4.78, 5) is 17.1. The average Bonchev–Trinajstić information content (AvgIpc) is 2.02.